The van der Waals surface area contributed by atoms with Crippen LogP contribution in [0.25, 0.3) is 0 Å². The molecule has 1 saturated heterocycles. The molecule has 1 heterocycles. The van der Waals surface area contributed by atoms with Crippen LogP contribution in [0.2, 0.25) is 0 Å². The van der Waals surface area contributed by atoms with Gasteiger partial charge in [0.15, 0.2) is 0 Å². The first-order valence-corrected chi connectivity index (χ1v) is 5.89. The SMILES string of the molecule is CCC(=O)N1CCC(NC(=O)CCNC)C1. The number of carbonyl (C=O) groups excluding carboxylic acids is 2. The zero-order valence-electron chi connectivity index (χ0n) is 10.1. The molecule has 5 nitrogen and oxygen atoms in total. The summed E-state index contributed by atoms with van der Waals surface area (Å²) in [6.45, 7) is 3.99. The van der Waals surface area contributed by atoms with E-state index in [1.807, 2.05) is 18.9 Å². The van der Waals surface area contributed by atoms with Crippen molar-refractivity contribution >= 4 is 11.8 Å². The Morgan fingerprint density at radius 1 is 1.44 bits per heavy atom. The zero-order valence-corrected chi connectivity index (χ0v) is 10.1. The molecule has 0 aromatic rings. The monoisotopic (exact) mass is 227 g/mol. The number of likely N-dealkylation sites (tertiary alicyclic amines) is 1. The van der Waals surface area contributed by atoms with E-state index in [9.17, 15) is 9.59 Å². The minimum atomic E-state index is 0.0603. The Bertz CT molecular complexity index is 256. The molecule has 1 rings (SSSR count). The summed E-state index contributed by atoms with van der Waals surface area (Å²) in [6.07, 6.45) is 1.91. The average Bonchev–Trinajstić information content (AvgIpc) is 2.73. The quantitative estimate of drug-likeness (QED) is 0.679. The molecule has 5 heteroatoms. The molecular weight excluding hydrogens is 206 g/mol. The van der Waals surface area contributed by atoms with Crippen LogP contribution in [0.4, 0.5) is 0 Å². The predicted molar refractivity (Wildman–Crippen MR) is 62.0 cm³/mol. The second kappa shape index (κ2) is 6.48. The summed E-state index contributed by atoms with van der Waals surface area (Å²) < 4.78 is 0. The Hall–Kier alpha value is -1.10. The van der Waals surface area contributed by atoms with Crippen molar-refractivity contribution in [2.45, 2.75) is 32.2 Å². The normalized spacial score (nSPS) is 19.9. The average molecular weight is 227 g/mol. The van der Waals surface area contributed by atoms with E-state index in [1.165, 1.54) is 0 Å². The number of nitrogens with zero attached hydrogens (tertiary/aromatic N) is 1. The van der Waals surface area contributed by atoms with Crippen molar-refractivity contribution in [1.29, 1.82) is 0 Å². The highest BCUT2D eigenvalue weighted by Crippen LogP contribution is 2.10. The van der Waals surface area contributed by atoms with Crippen molar-refractivity contribution < 1.29 is 9.59 Å². The minimum absolute atomic E-state index is 0.0603. The van der Waals surface area contributed by atoms with Gasteiger partial charge in [0, 0.05) is 38.5 Å². The van der Waals surface area contributed by atoms with Crippen LogP contribution < -0.4 is 10.6 Å². The molecule has 92 valence electrons. The third-order valence-corrected chi connectivity index (χ3v) is 2.81. The van der Waals surface area contributed by atoms with Gasteiger partial charge in [-0.15, -0.1) is 0 Å². The number of hydrogen-bond acceptors (Lipinski definition) is 3. The number of carbonyl (C=O) groups is 2. The first-order chi connectivity index (χ1) is 7.67. The first-order valence-electron chi connectivity index (χ1n) is 5.89. The fraction of sp³-hybridized carbons (Fsp3) is 0.818. The van der Waals surface area contributed by atoms with Gasteiger partial charge in [-0.1, -0.05) is 6.92 Å². The summed E-state index contributed by atoms with van der Waals surface area (Å²) in [7, 11) is 1.82. The van der Waals surface area contributed by atoms with Gasteiger partial charge < -0.3 is 15.5 Å². The summed E-state index contributed by atoms with van der Waals surface area (Å²) in [5.41, 5.74) is 0. The molecule has 0 bridgehead atoms. The van der Waals surface area contributed by atoms with E-state index < -0.39 is 0 Å². The highest BCUT2D eigenvalue weighted by Gasteiger charge is 2.25. The molecule has 0 spiro atoms. The topological polar surface area (TPSA) is 61.4 Å². The molecule has 0 aromatic heterocycles. The van der Waals surface area contributed by atoms with Gasteiger partial charge in [0.1, 0.15) is 0 Å². The van der Waals surface area contributed by atoms with Crippen LogP contribution in [0.3, 0.4) is 0 Å². The fourth-order valence-electron chi connectivity index (χ4n) is 1.87. The Kier molecular flexibility index (Phi) is 5.25. The van der Waals surface area contributed by atoms with Crippen LogP contribution >= 0.6 is 0 Å². The molecule has 2 N–H and O–H groups in total. The van der Waals surface area contributed by atoms with Crippen molar-refractivity contribution in [1.82, 2.24) is 15.5 Å². The van der Waals surface area contributed by atoms with Gasteiger partial charge in [0.2, 0.25) is 11.8 Å². The number of nitrogens with one attached hydrogen (secondary N) is 2. The van der Waals surface area contributed by atoms with E-state index in [0.29, 0.717) is 25.9 Å². The molecule has 1 unspecified atom stereocenters. The van der Waals surface area contributed by atoms with Crippen LogP contribution in [-0.4, -0.2) is 49.4 Å². The van der Waals surface area contributed by atoms with Crippen LogP contribution in [0.15, 0.2) is 0 Å². The van der Waals surface area contributed by atoms with E-state index in [-0.39, 0.29) is 17.9 Å². The van der Waals surface area contributed by atoms with Crippen LogP contribution in [0, 0.1) is 0 Å². The van der Waals surface area contributed by atoms with Crippen molar-refractivity contribution in [3.63, 3.8) is 0 Å². The Morgan fingerprint density at radius 2 is 2.19 bits per heavy atom. The fourth-order valence-corrected chi connectivity index (χ4v) is 1.87. The number of rotatable bonds is 5. The van der Waals surface area contributed by atoms with Gasteiger partial charge in [-0.3, -0.25) is 9.59 Å². The Morgan fingerprint density at radius 3 is 2.81 bits per heavy atom. The molecule has 16 heavy (non-hydrogen) atoms. The zero-order chi connectivity index (χ0) is 12.0. The highest BCUT2D eigenvalue weighted by atomic mass is 16.2. The second-order valence-electron chi connectivity index (χ2n) is 4.10. The van der Waals surface area contributed by atoms with Gasteiger partial charge in [-0.05, 0) is 13.5 Å². The lowest BCUT2D eigenvalue weighted by atomic mass is 10.2. The summed E-state index contributed by atoms with van der Waals surface area (Å²) in [5.74, 6) is 0.233. The largest absolute Gasteiger partial charge is 0.351 e. The second-order valence-corrected chi connectivity index (χ2v) is 4.10. The Balaban J connectivity index is 2.25. The number of amides is 2. The lowest BCUT2D eigenvalue weighted by Gasteiger charge is -2.16. The molecule has 1 aliphatic heterocycles. The van der Waals surface area contributed by atoms with Gasteiger partial charge in [-0.2, -0.15) is 0 Å². The molecule has 0 radical (unpaired) electrons. The number of hydrogen-bond donors (Lipinski definition) is 2. The van der Waals surface area contributed by atoms with Gasteiger partial charge in [-0.25, -0.2) is 0 Å². The maximum atomic E-state index is 11.4. The van der Waals surface area contributed by atoms with E-state index in [0.717, 1.165) is 13.0 Å². The molecular formula is C11H21N3O2. The molecule has 0 aliphatic carbocycles. The Labute approximate surface area is 96.6 Å². The van der Waals surface area contributed by atoms with Crippen LogP contribution in [0.5, 0.6) is 0 Å². The van der Waals surface area contributed by atoms with Crippen molar-refractivity contribution in [3.8, 4) is 0 Å². The molecule has 1 fully saturated rings. The third kappa shape index (κ3) is 3.81. The lowest BCUT2D eigenvalue weighted by molar-refractivity contribution is -0.130. The summed E-state index contributed by atoms with van der Waals surface area (Å²) in [4.78, 5) is 24.7. The molecule has 0 aromatic carbocycles. The summed E-state index contributed by atoms with van der Waals surface area (Å²) >= 11 is 0. The van der Waals surface area contributed by atoms with Crippen molar-refractivity contribution in [3.05, 3.63) is 0 Å². The predicted octanol–water partition coefficient (Wildman–Crippen LogP) is -0.277. The first kappa shape index (κ1) is 13.0. The van der Waals surface area contributed by atoms with E-state index in [2.05, 4.69) is 10.6 Å². The van der Waals surface area contributed by atoms with Crippen LogP contribution in [0.1, 0.15) is 26.2 Å². The standard InChI is InChI=1S/C11H21N3O2/c1-3-11(16)14-7-5-9(8-14)13-10(15)4-6-12-2/h9,12H,3-8H2,1-2H3,(H,13,15). The molecule has 1 atom stereocenters. The van der Waals surface area contributed by atoms with E-state index in [4.69, 9.17) is 0 Å². The van der Waals surface area contributed by atoms with E-state index in [1.54, 1.807) is 0 Å². The maximum Gasteiger partial charge on any atom is 0.222 e. The lowest BCUT2D eigenvalue weighted by Crippen LogP contribution is -2.39. The summed E-state index contributed by atoms with van der Waals surface area (Å²) in [5, 5.41) is 5.88. The third-order valence-electron chi connectivity index (χ3n) is 2.81. The van der Waals surface area contributed by atoms with Crippen LogP contribution in [-0.2, 0) is 9.59 Å². The molecule has 2 amide bonds. The highest BCUT2D eigenvalue weighted by molar-refractivity contribution is 5.78. The van der Waals surface area contributed by atoms with Crippen molar-refractivity contribution in [2.24, 2.45) is 0 Å². The molecule has 0 saturated carbocycles. The van der Waals surface area contributed by atoms with Gasteiger partial charge in [0.05, 0.1) is 0 Å². The van der Waals surface area contributed by atoms with E-state index >= 15 is 0 Å². The van der Waals surface area contributed by atoms with Gasteiger partial charge in [0.25, 0.3) is 0 Å². The van der Waals surface area contributed by atoms with Gasteiger partial charge >= 0.3 is 0 Å². The maximum absolute atomic E-state index is 11.4. The van der Waals surface area contributed by atoms with Crippen molar-refractivity contribution in [2.75, 3.05) is 26.7 Å². The summed E-state index contributed by atoms with van der Waals surface area (Å²) in [6, 6.07) is 0.139. The smallest absolute Gasteiger partial charge is 0.222 e. The molecule has 1 aliphatic rings. The minimum Gasteiger partial charge on any atom is -0.351 e.